The van der Waals surface area contributed by atoms with E-state index in [-0.39, 0.29) is 34.9 Å². The number of nitrogens with one attached hydrogen (secondary N) is 1. The molecular weight excluding hydrogens is 424 g/mol. The highest BCUT2D eigenvalue weighted by molar-refractivity contribution is 9.10. The molecule has 9 heteroatoms. The summed E-state index contributed by atoms with van der Waals surface area (Å²) in [5.41, 5.74) is 8.17. The van der Waals surface area contributed by atoms with Crippen LogP contribution in [0.4, 0.5) is 4.79 Å². The molecule has 0 spiro atoms. The molecule has 1 aromatic rings. The van der Waals surface area contributed by atoms with Crippen molar-refractivity contribution in [3.8, 4) is 0 Å². The molecule has 0 radical (unpaired) electrons. The van der Waals surface area contributed by atoms with Crippen molar-refractivity contribution in [1.29, 1.82) is 0 Å². The molecule has 1 aliphatic carbocycles. The molecule has 140 valence electrons. The summed E-state index contributed by atoms with van der Waals surface area (Å²) in [7, 11) is 0. The number of nitrogens with two attached hydrogens (primary N) is 1. The lowest BCUT2D eigenvalue weighted by Crippen LogP contribution is -2.51. The topological polar surface area (TPSA) is 95.7 Å². The largest absolute Gasteiger partial charge is 0.350 e. The van der Waals surface area contributed by atoms with Crippen LogP contribution < -0.4 is 11.2 Å². The predicted octanol–water partition coefficient (Wildman–Crippen LogP) is 2.39. The zero-order valence-corrected chi connectivity index (χ0v) is 16.4. The van der Waals surface area contributed by atoms with Gasteiger partial charge in [0, 0.05) is 30.0 Å². The molecular formula is C17H20BrClN4O3. The van der Waals surface area contributed by atoms with Crippen LogP contribution in [-0.2, 0) is 4.79 Å². The second kappa shape index (κ2) is 7.84. The number of hydrogen-bond donors (Lipinski definition) is 2. The summed E-state index contributed by atoms with van der Waals surface area (Å²) in [6.07, 6.45) is 2.71. The van der Waals surface area contributed by atoms with Crippen molar-refractivity contribution in [1.82, 2.24) is 15.3 Å². The molecule has 3 rings (SSSR count). The maximum atomic E-state index is 12.4. The van der Waals surface area contributed by atoms with Crippen LogP contribution in [-0.4, -0.2) is 47.4 Å². The zero-order chi connectivity index (χ0) is 18.8. The van der Waals surface area contributed by atoms with Gasteiger partial charge in [0.25, 0.3) is 5.91 Å². The lowest BCUT2D eigenvalue weighted by molar-refractivity contribution is -0.131. The summed E-state index contributed by atoms with van der Waals surface area (Å²) < 4.78 is 0.747. The van der Waals surface area contributed by atoms with E-state index < -0.39 is 11.9 Å². The van der Waals surface area contributed by atoms with Crippen molar-refractivity contribution in [2.24, 2.45) is 17.6 Å². The molecule has 1 heterocycles. The fraction of sp³-hybridized carbons (Fsp3) is 0.471. The standard InChI is InChI=1S/C17H20BrClN4O3/c18-12-3-4-13(14(19)7-12)15(24)21-23(17(20)26)9-10-5-6-22(8-10)16(25)11-1-2-11/h3-4,7,10-11H,1-2,5-6,8-9H2,(H2,20,26)(H,21,24)/t10-/m0/s1. The average Bonchev–Trinajstić information content (AvgIpc) is 3.32. The highest BCUT2D eigenvalue weighted by Gasteiger charge is 2.37. The van der Waals surface area contributed by atoms with E-state index in [1.165, 1.54) is 0 Å². The number of rotatable bonds is 4. The number of nitrogens with zero attached hydrogens (tertiary/aromatic N) is 2. The number of urea groups is 1. The Hall–Kier alpha value is -1.80. The normalized spacial score (nSPS) is 19.3. The number of benzene rings is 1. The molecule has 1 aliphatic heterocycles. The van der Waals surface area contributed by atoms with Crippen LogP contribution in [0, 0.1) is 11.8 Å². The Morgan fingerprint density at radius 3 is 2.65 bits per heavy atom. The molecule has 0 unspecified atom stereocenters. The summed E-state index contributed by atoms with van der Waals surface area (Å²) in [6.45, 7) is 1.51. The Morgan fingerprint density at radius 2 is 2.04 bits per heavy atom. The number of carbonyl (C=O) groups is 3. The Kier molecular flexibility index (Phi) is 5.72. The number of likely N-dealkylation sites (tertiary alicyclic amines) is 1. The molecule has 3 N–H and O–H groups in total. The van der Waals surface area contributed by atoms with Crippen LogP contribution >= 0.6 is 27.5 Å². The van der Waals surface area contributed by atoms with Gasteiger partial charge in [0.2, 0.25) is 5.91 Å². The summed E-state index contributed by atoms with van der Waals surface area (Å²) in [6, 6.07) is 4.10. The maximum absolute atomic E-state index is 12.4. The summed E-state index contributed by atoms with van der Waals surface area (Å²) >= 11 is 9.35. The van der Waals surface area contributed by atoms with Crippen molar-refractivity contribution < 1.29 is 14.4 Å². The lowest BCUT2D eigenvalue weighted by Gasteiger charge is -2.24. The van der Waals surface area contributed by atoms with Gasteiger partial charge in [-0.2, -0.15) is 0 Å². The van der Waals surface area contributed by atoms with Gasteiger partial charge in [-0.15, -0.1) is 0 Å². The van der Waals surface area contributed by atoms with Crippen molar-refractivity contribution in [2.45, 2.75) is 19.3 Å². The first-order valence-corrected chi connectivity index (χ1v) is 9.64. The van der Waals surface area contributed by atoms with Gasteiger partial charge in [0.05, 0.1) is 10.6 Å². The Morgan fingerprint density at radius 1 is 1.31 bits per heavy atom. The van der Waals surface area contributed by atoms with E-state index in [2.05, 4.69) is 21.4 Å². The van der Waals surface area contributed by atoms with Crippen LogP contribution in [0.5, 0.6) is 0 Å². The minimum absolute atomic E-state index is 0.0749. The molecule has 1 saturated carbocycles. The first-order valence-electron chi connectivity index (χ1n) is 8.47. The molecule has 7 nitrogen and oxygen atoms in total. The smallest absolute Gasteiger partial charge is 0.333 e. The van der Waals surface area contributed by atoms with E-state index in [4.69, 9.17) is 17.3 Å². The van der Waals surface area contributed by atoms with Crippen molar-refractivity contribution in [3.63, 3.8) is 0 Å². The Labute approximate surface area is 164 Å². The molecule has 4 amide bonds. The minimum Gasteiger partial charge on any atom is -0.350 e. The first-order chi connectivity index (χ1) is 12.3. The quantitative estimate of drug-likeness (QED) is 0.699. The lowest BCUT2D eigenvalue weighted by atomic mass is 10.1. The third-order valence-corrected chi connectivity index (χ3v) is 5.45. The number of primary amides is 1. The molecule has 1 atom stereocenters. The number of carbonyl (C=O) groups excluding carboxylic acids is 3. The summed E-state index contributed by atoms with van der Waals surface area (Å²) in [4.78, 5) is 38.1. The number of hydrogen-bond acceptors (Lipinski definition) is 3. The van der Waals surface area contributed by atoms with Gasteiger partial charge in [-0.05, 0) is 43.4 Å². The maximum Gasteiger partial charge on any atom is 0.333 e. The van der Waals surface area contributed by atoms with Gasteiger partial charge in [-0.1, -0.05) is 27.5 Å². The molecule has 0 aromatic heterocycles. The van der Waals surface area contributed by atoms with Crippen LogP contribution in [0.1, 0.15) is 29.6 Å². The third kappa shape index (κ3) is 4.48. The average molecular weight is 444 g/mol. The number of hydrazine groups is 1. The van der Waals surface area contributed by atoms with Crippen LogP contribution in [0.25, 0.3) is 0 Å². The van der Waals surface area contributed by atoms with Gasteiger partial charge >= 0.3 is 6.03 Å². The fourth-order valence-corrected chi connectivity index (χ4v) is 3.83. The van der Waals surface area contributed by atoms with Crippen molar-refractivity contribution in [2.75, 3.05) is 19.6 Å². The van der Waals surface area contributed by atoms with Crippen molar-refractivity contribution in [3.05, 3.63) is 33.3 Å². The molecule has 2 aliphatic rings. The Balaban J connectivity index is 1.60. The summed E-state index contributed by atoms with van der Waals surface area (Å²) in [5, 5.41) is 1.36. The number of halogens is 2. The first kappa shape index (κ1) is 19.0. The SMILES string of the molecule is NC(=O)N(C[C@H]1CCN(C(=O)C2CC2)C1)NC(=O)c1ccc(Br)cc1Cl. The zero-order valence-electron chi connectivity index (χ0n) is 14.1. The van der Waals surface area contributed by atoms with E-state index in [1.807, 2.05) is 4.90 Å². The van der Waals surface area contributed by atoms with Gasteiger partial charge in [-0.25, -0.2) is 9.80 Å². The van der Waals surface area contributed by atoms with E-state index in [1.54, 1.807) is 18.2 Å². The third-order valence-electron chi connectivity index (χ3n) is 4.64. The van der Waals surface area contributed by atoms with E-state index in [9.17, 15) is 14.4 Å². The van der Waals surface area contributed by atoms with Gasteiger partial charge in [0.1, 0.15) is 0 Å². The second-order valence-electron chi connectivity index (χ2n) is 6.73. The van der Waals surface area contributed by atoms with Crippen molar-refractivity contribution >= 4 is 45.4 Å². The minimum atomic E-state index is -0.751. The van der Waals surface area contributed by atoms with Gasteiger partial charge < -0.3 is 10.6 Å². The summed E-state index contributed by atoms with van der Waals surface area (Å²) in [5.74, 6) is -0.0554. The van der Waals surface area contributed by atoms with Crippen LogP contribution in [0.2, 0.25) is 5.02 Å². The highest BCUT2D eigenvalue weighted by Crippen LogP contribution is 2.33. The molecule has 0 bridgehead atoms. The Bertz CT molecular complexity index is 741. The van der Waals surface area contributed by atoms with Gasteiger partial charge in [-0.3, -0.25) is 15.0 Å². The van der Waals surface area contributed by atoms with Crippen LogP contribution in [0.15, 0.2) is 22.7 Å². The molecule has 2 fully saturated rings. The van der Waals surface area contributed by atoms with E-state index >= 15 is 0 Å². The molecule has 26 heavy (non-hydrogen) atoms. The predicted molar refractivity (Wildman–Crippen MR) is 100 cm³/mol. The number of amides is 4. The highest BCUT2D eigenvalue weighted by atomic mass is 79.9. The molecule has 1 saturated heterocycles. The fourth-order valence-electron chi connectivity index (χ4n) is 3.08. The monoisotopic (exact) mass is 442 g/mol. The van der Waals surface area contributed by atoms with E-state index in [0.717, 1.165) is 28.7 Å². The van der Waals surface area contributed by atoms with Crippen LogP contribution in [0.3, 0.4) is 0 Å². The van der Waals surface area contributed by atoms with E-state index in [0.29, 0.717) is 13.1 Å². The second-order valence-corrected chi connectivity index (χ2v) is 8.05. The van der Waals surface area contributed by atoms with Gasteiger partial charge in [0.15, 0.2) is 0 Å². The molecule has 1 aromatic carbocycles.